The van der Waals surface area contributed by atoms with Crippen molar-refractivity contribution in [2.75, 3.05) is 10.6 Å². The van der Waals surface area contributed by atoms with Gasteiger partial charge in [0.1, 0.15) is 25.3 Å². The van der Waals surface area contributed by atoms with Crippen molar-refractivity contribution in [3.63, 3.8) is 0 Å². The molecule has 2 aromatic carbocycles. The number of nitrogens with zero attached hydrogens (tertiary/aromatic N) is 8. The van der Waals surface area contributed by atoms with Gasteiger partial charge < -0.3 is 10.6 Å². The average Bonchev–Trinajstić information content (AvgIpc) is 3.57. The molecule has 32 heavy (non-hydrogen) atoms. The maximum absolute atomic E-state index is 4.45. The van der Waals surface area contributed by atoms with Crippen LogP contribution in [0.4, 0.5) is 11.6 Å². The Labute approximate surface area is 184 Å². The molecule has 0 aliphatic rings. The number of benzene rings is 2. The molecule has 158 valence electrons. The minimum Gasteiger partial charge on any atom is -0.363 e. The average molecular weight is 424 g/mol. The van der Waals surface area contributed by atoms with Crippen molar-refractivity contribution in [3.05, 3.63) is 97.4 Å². The Bertz CT molecular complexity index is 1180. The van der Waals surface area contributed by atoms with E-state index in [4.69, 9.17) is 0 Å². The molecule has 10 nitrogen and oxygen atoms in total. The van der Waals surface area contributed by atoms with Crippen molar-refractivity contribution in [2.45, 2.75) is 13.1 Å². The zero-order chi connectivity index (χ0) is 21.6. The number of aromatic nitrogens is 8. The highest BCUT2D eigenvalue weighted by Crippen LogP contribution is 2.18. The lowest BCUT2D eigenvalue weighted by atomic mass is 10.2. The first-order valence-electron chi connectivity index (χ1n) is 10.0. The van der Waals surface area contributed by atoms with E-state index in [2.05, 4.69) is 52.9 Å². The van der Waals surface area contributed by atoms with Crippen LogP contribution in [0.5, 0.6) is 0 Å². The molecule has 0 aliphatic heterocycles. The van der Waals surface area contributed by atoms with Gasteiger partial charge in [-0.1, -0.05) is 24.3 Å². The Morgan fingerprint density at radius 1 is 0.656 bits per heavy atom. The van der Waals surface area contributed by atoms with Gasteiger partial charge in [-0.05, 0) is 35.4 Å². The molecule has 0 saturated carbocycles. The van der Waals surface area contributed by atoms with E-state index in [-0.39, 0.29) is 0 Å². The highest BCUT2D eigenvalue weighted by Gasteiger charge is 2.07. The molecule has 0 fully saturated rings. The minimum atomic E-state index is 0.595. The zero-order valence-corrected chi connectivity index (χ0v) is 17.1. The quantitative estimate of drug-likeness (QED) is 0.391. The summed E-state index contributed by atoms with van der Waals surface area (Å²) in [5.41, 5.74) is 4.09. The minimum absolute atomic E-state index is 0.595. The Morgan fingerprint density at radius 3 is 1.59 bits per heavy atom. The van der Waals surface area contributed by atoms with Gasteiger partial charge in [0.15, 0.2) is 11.6 Å². The maximum Gasteiger partial charge on any atom is 0.169 e. The van der Waals surface area contributed by atoms with Gasteiger partial charge in [-0.2, -0.15) is 10.2 Å². The summed E-state index contributed by atoms with van der Waals surface area (Å²) in [6, 6.07) is 16.2. The normalized spacial score (nSPS) is 10.8. The molecule has 0 spiro atoms. The van der Waals surface area contributed by atoms with Crippen molar-refractivity contribution in [1.29, 1.82) is 0 Å². The van der Waals surface area contributed by atoms with E-state index >= 15 is 0 Å². The number of hydrogen-bond donors (Lipinski definition) is 2. The molecular weight excluding hydrogens is 404 g/mol. The van der Waals surface area contributed by atoms with Crippen LogP contribution < -0.4 is 10.6 Å². The molecule has 0 aliphatic carbocycles. The summed E-state index contributed by atoms with van der Waals surface area (Å²) in [5, 5.41) is 15.1. The molecule has 0 amide bonds. The maximum atomic E-state index is 4.45. The van der Waals surface area contributed by atoms with Crippen LogP contribution in [0.15, 0.2) is 86.2 Å². The Morgan fingerprint density at radius 2 is 1.16 bits per heavy atom. The van der Waals surface area contributed by atoms with Crippen LogP contribution in [-0.4, -0.2) is 39.5 Å². The van der Waals surface area contributed by atoms with Crippen LogP contribution in [-0.2, 0) is 13.1 Å². The second-order valence-electron chi connectivity index (χ2n) is 6.98. The van der Waals surface area contributed by atoms with Crippen LogP contribution in [0.1, 0.15) is 11.1 Å². The van der Waals surface area contributed by atoms with E-state index in [0.717, 1.165) is 22.5 Å². The Kier molecular flexibility index (Phi) is 5.47. The van der Waals surface area contributed by atoms with E-state index in [1.165, 1.54) is 12.7 Å². The van der Waals surface area contributed by atoms with Crippen LogP contribution in [0.2, 0.25) is 0 Å². The monoisotopic (exact) mass is 424 g/mol. The molecule has 0 bridgehead atoms. The number of hydrogen-bond acceptors (Lipinski definition) is 8. The summed E-state index contributed by atoms with van der Waals surface area (Å²) in [6.45, 7) is 1.19. The highest BCUT2D eigenvalue weighted by molar-refractivity contribution is 5.59. The molecule has 3 aromatic heterocycles. The Balaban J connectivity index is 1.26. The zero-order valence-electron chi connectivity index (χ0n) is 17.1. The summed E-state index contributed by atoms with van der Waals surface area (Å²) in [6.07, 6.45) is 9.73. The topological polar surface area (TPSA) is 111 Å². The summed E-state index contributed by atoms with van der Waals surface area (Å²) in [7, 11) is 0. The molecule has 3 heterocycles. The van der Waals surface area contributed by atoms with Gasteiger partial charge in [0.05, 0.1) is 11.4 Å². The second-order valence-corrected chi connectivity index (χ2v) is 6.98. The van der Waals surface area contributed by atoms with Crippen molar-refractivity contribution < 1.29 is 0 Å². The van der Waals surface area contributed by atoms with Gasteiger partial charge in [0.2, 0.25) is 0 Å². The third kappa shape index (κ3) is 4.43. The van der Waals surface area contributed by atoms with Gasteiger partial charge in [-0.3, -0.25) is 0 Å². The third-order valence-corrected chi connectivity index (χ3v) is 4.81. The fourth-order valence-corrected chi connectivity index (χ4v) is 3.27. The number of anilines is 2. The molecule has 5 aromatic rings. The molecular formula is C22H20N10. The Hall–Kier alpha value is -4.60. The van der Waals surface area contributed by atoms with Crippen molar-refractivity contribution >= 4 is 11.6 Å². The SMILES string of the molecule is c1cc(CNc2nccnc2NCc2cccc(-n3cncn3)c2)cc(-n2cncn2)c1. The first-order valence-corrected chi connectivity index (χ1v) is 10.0. The van der Waals surface area contributed by atoms with Gasteiger partial charge in [-0.25, -0.2) is 29.3 Å². The number of rotatable bonds is 8. The lowest BCUT2D eigenvalue weighted by Gasteiger charge is -2.13. The van der Waals surface area contributed by atoms with Crippen LogP contribution in [0, 0.1) is 0 Å². The number of nitrogens with one attached hydrogen (secondary N) is 2. The molecule has 5 rings (SSSR count). The highest BCUT2D eigenvalue weighted by atomic mass is 15.3. The summed E-state index contributed by atoms with van der Waals surface area (Å²) >= 11 is 0. The molecule has 2 N–H and O–H groups in total. The smallest absolute Gasteiger partial charge is 0.169 e. The van der Waals surface area contributed by atoms with E-state index < -0.39 is 0 Å². The third-order valence-electron chi connectivity index (χ3n) is 4.81. The molecule has 0 saturated heterocycles. The van der Waals surface area contributed by atoms with Gasteiger partial charge in [-0.15, -0.1) is 0 Å². The summed E-state index contributed by atoms with van der Waals surface area (Å²) in [5.74, 6) is 1.37. The molecule has 0 radical (unpaired) electrons. The predicted octanol–water partition coefficient (Wildman–Crippen LogP) is 2.86. The van der Waals surface area contributed by atoms with Gasteiger partial charge in [0.25, 0.3) is 0 Å². The summed E-state index contributed by atoms with van der Waals surface area (Å²) in [4.78, 5) is 16.9. The standard InChI is InChI=1S/C22H20N10/c1-3-17(9-19(5-1)31-15-23-13-29-31)11-27-21-22(26-8-7-25-21)28-12-18-4-2-6-20(10-18)32-16-24-14-30-32/h1-10,13-16H,11-12H2,(H,25,27)(H,26,28). The first kappa shape index (κ1) is 19.4. The first-order chi connectivity index (χ1) is 15.8. The fourth-order valence-electron chi connectivity index (χ4n) is 3.27. The largest absolute Gasteiger partial charge is 0.363 e. The van der Waals surface area contributed by atoms with Gasteiger partial charge in [0, 0.05) is 25.5 Å². The van der Waals surface area contributed by atoms with Crippen molar-refractivity contribution in [3.8, 4) is 11.4 Å². The molecule has 0 unspecified atom stereocenters. The van der Waals surface area contributed by atoms with E-state index in [1.54, 1.807) is 34.4 Å². The van der Waals surface area contributed by atoms with Gasteiger partial charge >= 0.3 is 0 Å². The van der Waals surface area contributed by atoms with Crippen molar-refractivity contribution in [1.82, 2.24) is 39.5 Å². The van der Waals surface area contributed by atoms with E-state index in [9.17, 15) is 0 Å². The molecule has 10 heteroatoms. The molecule has 0 atom stereocenters. The fraction of sp³-hybridized carbons (Fsp3) is 0.0909. The van der Waals surface area contributed by atoms with Crippen LogP contribution in [0.25, 0.3) is 11.4 Å². The van der Waals surface area contributed by atoms with E-state index in [1.807, 2.05) is 36.4 Å². The lowest BCUT2D eigenvalue weighted by Crippen LogP contribution is -2.09. The van der Waals surface area contributed by atoms with E-state index in [0.29, 0.717) is 24.7 Å². The lowest BCUT2D eigenvalue weighted by molar-refractivity contribution is 0.875. The van der Waals surface area contributed by atoms with Crippen LogP contribution in [0.3, 0.4) is 0 Å². The van der Waals surface area contributed by atoms with Crippen LogP contribution >= 0.6 is 0 Å². The second kappa shape index (κ2) is 9.04. The predicted molar refractivity (Wildman–Crippen MR) is 119 cm³/mol. The summed E-state index contributed by atoms with van der Waals surface area (Å²) < 4.78 is 3.46. The van der Waals surface area contributed by atoms with Crippen molar-refractivity contribution in [2.24, 2.45) is 0 Å².